The second-order valence-corrected chi connectivity index (χ2v) is 13.2. The second kappa shape index (κ2) is 8.61. The van der Waals surface area contributed by atoms with Gasteiger partial charge in [0.25, 0.3) is 8.32 Å². The topological polar surface area (TPSA) is 87.1 Å². The first kappa shape index (κ1) is 22.1. The van der Waals surface area contributed by atoms with Crippen LogP contribution in [-0.4, -0.2) is 54.7 Å². The van der Waals surface area contributed by atoms with Gasteiger partial charge in [-0.15, -0.1) is 0 Å². The molecule has 0 spiro atoms. The molecule has 7 heteroatoms. The minimum Gasteiger partial charge on any atom is -0.480 e. The average Bonchev–Trinajstić information content (AvgIpc) is 3.14. The van der Waals surface area contributed by atoms with Crippen molar-refractivity contribution in [2.75, 3.05) is 13.2 Å². The molecule has 0 bridgehead atoms. The minimum absolute atomic E-state index is 0.163. The average molecular weight is 428 g/mol. The number of hydrogen-bond donors (Lipinski definition) is 2. The van der Waals surface area contributed by atoms with Crippen molar-refractivity contribution < 1.29 is 24.2 Å². The summed E-state index contributed by atoms with van der Waals surface area (Å²) in [6, 6.07) is 19.4. The molecule has 2 N–H and O–H groups in total. The highest BCUT2D eigenvalue weighted by Crippen LogP contribution is 2.37. The number of amides is 1. The molecule has 1 fully saturated rings. The van der Waals surface area contributed by atoms with Crippen LogP contribution in [0.2, 0.25) is 5.04 Å². The summed E-state index contributed by atoms with van der Waals surface area (Å²) in [4.78, 5) is 24.0. The molecule has 160 valence electrons. The summed E-state index contributed by atoms with van der Waals surface area (Å²) < 4.78 is 6.83. The summed E-state index contributed by atoms with van der Waals surface area (Å²) in [6.45, 7) is 7.03. The highest BCUT2D eigenvalue weighted by atomic mass is 28.4. The van der Waals surface area contributed by atoms with Crippen LogP contribution in [0.25, 0.3) is 0 Å². The lowest BCUT2D eigenvalue weighted by molar-refractivity contribution is -0.141. The van der Waals surface area contributed by atoms with Crippen LogP contribution in [0.4, 0.5) is 4.79 Å². The van der Waals surface area contributed by atoms with Crippen LogP contribution in [0.3, 0.4) is 0 Å². The number of carboxylic acid groups (broad SMARTS) is 2. The van der Waals surface area contributed by atoms with Gasteiger partial charge in [0.1, 0.15) is 6.04 Å². The van der Waals surface area contributed by atoms with E-state index in [4.69, 9.17) is 4.43 Å². The van der Waals surface area contributed by atoms with Crippen molar-refractivity contribution in [3.05, 3.63) is 60.7 Å². The zero-order valence-corrected chi connectivity index (χ0v) is 18.6. The van der Waals surface area contributed by atoms with Crippen LogP contribution in [0.5, 0.6) is 0 Å². The fourth-order valence-electron chi connectivity index (χ4n) is 4.49. The van der Waals surface area contributed by atoms with E-state index in [1.807, 2.05) is 36.4 Å². The van der Waals surface area contributed by atoms with Crippen molar-refractivity contribution in [3.63, 3.8) is 0 Å². The van der Waals surface area contributed by atoms with Gasteiger partial charge in [-0.1, -0.05) is 81.4 Å². The van der Waals surface area contributed by atoms with E-state index in [0.717, 1.165) is 15.3 Å². The Kier molecular flexibility index (Phi) is 6.33. The molecule has 1 heterocycles. The van der Waals surface area contributed by atoms with Crippen molar-refractivity contribution in [1.29, 1.82) is 0 Å². The summed E-state index contributed by atoms with van der Waals surface area (Å²) in [5.41, 5.74) is 0. The monoisotopic (exact) mass is 427 g/mol. The number of aliphatic carboxylic acids is 1. The summed E-state index contributed by atoms with van der Waals surface area (Å²) in [6.07, 6.45) is -0.935. The van der Waals surface area contributed by atoms with Crippen molar-refractivity contribution in [1.82, 2.24) is 4.90 Å². The first-order valence-electron chi connectivity index (χ1n) is 10.1. The molecule has 2 aromatic rings. The maximum absolute atomic E-state index is 11.5. The number of hydrogen-bond acceptors (Lipinski definition) is 3. The lowest BCUT2D eigenvalue weighted by Crippen LogP contribution is -2.67. The molecule has 3 rings (SSSR count). The molecule has 0 unspecified atom stereocenters. The van der Waals surface area contributed by atoms with E-state index >= 15 is 0 Å². The van der Waals surface area contributed by atoms with Gasteiger partial charge in [0.05, 0.1) is 0 Å². The molecule has 2 atom stereocenters. The summed E-state index contributed by atoms with van der Waals surface area (Å²) >= 11 is 0. The van der Waals surface area contributed by atoms with Gasteiger partial charge >= 0.3 is 12.1 Å². The Hall–Kier alpha value is -2.64. The molecule has 0 aliphatic carbocycles. The molecule has 0 saturated carbocycles. The molecule has 1 aliphatic rings. The zero-order chi connectivity index (χ0) is 21.9. The van der Waals surface area contributed by atoms with Gasteiger partial charge in [0.2, 0.25) is 0 Å². The van der Waals surface area contributed by atoms with E-state index in [9.17, 15) is 19.8 Å². The van der Waals surface area contributed by atoms with E-state index in [2.05, 4.69) is 45.0 Å². The predicted octanol–water partition coefficient (Wildman–Crippen LogP) is 3.02. The molecule has 30 heavy (non-hydrogen) atoms. The standard InChI is InChI=1S/C23H29NO5Si/c1-23(2,3)30(18-10-6-4-7-11-18,19-12-8-5-9-13-19)29-16-17-14-20(21(25)26)24(15-17)22(27)28/h4-13,17,20H,14-16H2,1-3H3,(H,25,26)(H,27,28)/t17-,20+/m0/s1. The van der Waals surface area contributed by atoms with Gasteiger partial charge in [0, 0.05) is 19.1 Å². The first-order chi connectivity index (χ1) is 14.2. The Morgan fingerprint density at radius 2 is 1.50 bits per heavy atom. The van der Waals surface area contributed by atoms with Gasteiger partial charge < -0.3 is 14.6 Å². The Balaban J connectivity index is 1.97. The summed E-state index contributed by atoms with van der Waals surface area (Å²) in [7, 11) is -2.73. The molecule has 6 nitrogen and oxygen atoms in total. The van der Waals surface area contributed by atoms with Crippen molar-refractivity contribution >= 4 is 30.8 Å². The smallest absolute Gasteiger partial charge is 0.408 e. The van der Waals surface area contributed by atoms with Gasteiger partial charge in [0.15, 0.2) is 0 Å². The van der Waals surface area contributed by atoms with E-state index in [1.165, 1.54) is 0 Å². The SMILES string of the molecule is CC(C)(C)[Si](OC[C@H]1C[C@H](C(=O)O)N(C(=O)O)C1)(c1ccccc1)c1ccccc1. The normalized spacial score (nSPS) is 19.6. The van der Waals surface area contributed by atoms with E-state index < -0.39 is 26.4 Å². The van der Waals surface area contributed by atoms with Crippen LogP contribution in [0.15, 0.2) is 60.7 Å². The zero-order valence-electron chi connectivity index (χ0n) is 17.6. The number of nitrogens with zero attached hydrogens (tertiary/aromatic N) is 1. The number of rotatable bonds is 6. The van der Waals surface area contributed by atoms with Crippen LogP contribution < -0.4 is 10.4 Å². The fraction of sp³-hybridized carbons (Fsp3) is 0.391. The molecule has 0 aromatic heterocycles. The predicted molar refractivity (Wildman–Crippen MR) is 118 cm³/mol. The lowest BCUT2D eigenvalue weighted by atomic mass is 10.1. The highest BCUT2D eigenvalue weighted by molar-refractivity contribution is 6.99. The molecular weight excluding hydrogens is 398 g/mol. The Morgan fingerprint density at radius 3 is 1.87 bits per heavy atom. The number of likely N-dealkylation sites (tertiary alicyclic amines) is 1. The molecule has 1 saturated heterocycles. The Morgan fingerprint density at radius 1 is 1.00 bits per heavy atom. The fourth-order valence-corrected chi connectivity index (χ4v) is 9.13. The van der Waals surface area contributed by atoms with Gasteiger partial charge in [-0.05, 0) is 21.8 Å². The van der Waals surface area contributed by atoms with Crippen molar-refractivity contribution in [3.8, 4) is 0 Å². The van der Waals surface area contributed by atoms with E-state index in [-0.39, 0.29) is 23.9 Å². The maximum Gasteiger partial charge on any atom is 0.408 e. The molecule has 0 radical (unpaired) electrons. The Bertz CT molecular complexity index is 820. The summed E-state index contributed by atoms with van der Waals surface area (Å²) in [5, 5.41) is 20.9. The first-order valence-corrected chi connectivity index (χ1v) is 12.0. The van der Waals surface area contributed by atoms with Crippen LogP contribution >= 0.6 is 0 Å². The molecule has 2 aromatic carbocycles. The van der Waals surface area contributed by atoms with E-state index in [1.54, 1.807) is 0 Å². The third-order valence-electron chi connectivity index (χ3n) is 5.87. The molecular formula is C23H29NO5Si. The Labute approximate surface area is 178 Å². The minimum atomic E-state index is -2.73. The lowest BCUT2D eigenvalue weighted by Gasteiger charge is -2.43. The quantitative estimate of drug-likeness (QED) is 0.692. The van der Waals surface area contributed by atoms with Crippen LogP contribution in [-0.2, 0) is 9.22 Å². The number of carbonyl (C=O) groups is 2. The number of benzene rings is 2. The van der Waals surface area contributed by atoms with Gasteiger partial charge in [-0.3, -0.25) is 4.90 Å². The van der Waals surface area contributed by atoms with Crippen molar-refractivity contribution in [2.45, 2.75) is 38.3 Å². The van der Waals surface area contributed by atoms with E-state index in [0.29, 0.717) is 6.61 Å². The second-order valence-electron chi connectivity index (χ2n) is 8.86. The number of carboxylic acids is 1. The van der Waals surface area contributed by atoms with Crippen LogP contribution in [0.1, 0.15) is 27.2 Å². The van der Waals surface area contributed by atoms with Gasteiger partial charge in [-0.25, -0.2) is 9.59 Å². The summed E-state index contributed by atoms with van der Waals surface area (Å²) in [5.74, 6) is -1.27. The highest BCUT2D eigenvalue weighted by Gasteiger charge is 2.51. The third-order valence-corrected chi connectivity index (χ3v) is 10.9. The third kappa shape index (κ3) is 4.13. The van der Waals surface area contributed by atoms with Gasteiger partial charge in [-0.2, -0.15) is 0 Å². The maximum atomic E-state index is 11.5. The van der Waals surface area contributed by atoms with Crippen molar-refractivity contribution in [2.24, 2.45) is 5.92 Å². The molecule has 1 aliphatic heterocycles. The largest absolute Gasteiger partial charge is 0.480 e. The molecule has 1 amide bonds. The van der Waals surface area contributed by atoms with Crippen LogP contribution in [0, 0.1) is 5.92 Å².